The average molecular weight is 323 g/mol. The van der Waals surface area contributed by atoms with Crippen molar-refractivity contribution in [2.45, 2.75) is 20.4 Å². The predicted molar refractivity (Wildman–Crippen MR) is 90.3 cm³/mol. The highest BCUT2D eigenvalue weighted by Crippen LogP contribution is 2.29. The zero-order chi connectivity index (χ0) is 16.7. The van der Waals surface area contributed by atoms with Crippen LogP contribution in [0.15, 0.2) is 35.0 Å². The Morgan fingerprint density at radius 1 is 1.29 bits per heavy atom. The molecule has 24 heavy (non-hydrogen) atoms. The van der Waals surface area contributed by atoms with Gasteiger partial charge in [-0.2, -0.15) is 14.6 Å². The maximum atomic E-state index is 5.93. The molecule has 7 heteroatoms. The number of benzene rings is 1. The van der Waals surface area contributed by atoms with Gasteiger partial charge in [-0.05, 0) is 26.0 Å². The van der Waals surface area contributed by atoms with Gasteiger partial charge in [-0.1, -0.05) is 12.1 Å². The summed E-state index contributed by atoms with van der Waals surface area (Å²) in [5.41, 5.74) is 2.70. The van der Waals surface area contributed by atoms with Gasteiger partial charge in [0.1, 0.15) is 17.9 Å². The second-order valence-electron chi connectivity index (χ2n) is 5.59. The van der Waals surface area contributed by atoms with Crippen LogP contribution in [0.2, 0.25) is 0 Å². The minimum atomic E-state index is 0.525. The van der Waals surface area contributed by atoms with Crippen molar-refractivity contribution < 1.29 is 9.15 Å². The van der Waals surface area contributed by atoms with Gasteiger partial charge in [0.15, 0.2) is 11.3 Å². The molecule has 0 radical (unpaired) electrons. The van der Waals surface area contributed by atoms with E-state index in [1.165, 1.54) is 6.33 Å². The maximum absolute atomic E-state index is 5.93. The lowest BCUT2D eigenvalue weighted by molar-refractivity contribution is 0.408. The number of aryl methyl sites for hydroxylation is 1. The maximum Gasteiger partial charge on any atom is 0.254 e. The summed E-state index contributed by atoms with van der Waals surface area (Å²) in [5.74, 6) is 2.99. The van der Waals surface area contributed by atoms with Crippen molar-refractivity contribution in [1.82, 2.24) is 19.6 Å². The SMILES string of the molecule is COc1cccc2cc(CNc3c(C)c(C)nc4ncnn34)oc12. The lowest BCUT2D eigenvalue weighted by atomic mass is 10.2. The molecule has 0 aliphatic carbocycles. The second-order valence-corrected chi connectivity index (χ2v) is 5.59. The van der Waals surface area contributed by atoms with Crippen molar-refractivity contribution in [2.75, 3.05) is 12.4 Å². The van der Waals surface area contributed by atoms with Crippen LogP contribution >= 0.6 is 0 Å². The quantitative estimate of drug-likeness (QED) is 0.622. The molecule has 3 aromatic heterocycles. The largest absolute Gasteiger partial charge is 0.493 e. The Morgan fingerprint density at radius 3 is 3.00 bits per heavy atom. The van der Waals surface area contributed by atoms with Gasteiger partial charge in [-0.3, -0.25) is 0 Å². The van der Waals surface area contributed by atoms with Crippen LogP contribution in [0, 0.1) is 13.8 Å². The summed E-state index contributed by atoms with van der Waals surface area (Å²) < 4.78 is 13.0. The second kappa shape index (κ2) is 5.52. The van der Waals surface area contributed by atoms with E-state index in [-0.39, 0.29) is 0 Å². The molecule has 4 rings (SSSR count). The molecule has 0 spiro atoms. The fourth-order valence-electron chi connectivity index (χ4n) is 2.75. The summed E-state index contributed by atoms with van der Waals surface area (Å²) >= 11 is 0. The first-order valence-electron chi connectivity index (χ1n) is 7.63. The van der Waals surface area contributed by atoms with Crippen LogP contribution in [0.5, 0.6) is 5.75 Å². The molecule has 3 heterocycles. The van der Waals surface area contributed by atoms with Gasteiger partial charge in [0.25, 0.3) is 5.78 Å². The third kappa shape index (κ3) is 2.25. The molecular weight excluding hydrogens is 306 g/mol. The van der Waals surface area contributed by atoms with Gasteiger partial charge in [-0.25, -0.2) is 4.98 Å². The van der Waals surface area contributed by atoms with Gasteiger partial charge in [-0.15, -0.1) is 0 Å². The number of hydrogen-bond donors (Lipinski definition) is 1. The molecule has 0 unspecified atom stereocenters. The molecule has 7 nitrogen and oxygen atoms in total. The number of hydrogen-bond acceptors (Lipinski definition) is 6. The minimum absolute atomic E-state index is 0.525. The molecule has 1 aromatic carbocycles. The summed E-state index contributed by atoms with van der Waals surface area (Å²) in [6.45, 7) is 4.49. The number of rotatable bonds is 4. The van der Waals surface area contributed by atoms with Crippen LogP contribution in [-0.2, 0) is 6.54 Å². The van der Waals surface area contributed by atoms with Crippen molar-refractivity contribution >= 4 is 22.6 Å². The first-order valence-corrected chi connectivity index (χ1v) is 7.63. The summed E-state index contributed by atoms with van der Waals surface area (Å²) in [7, 11) is 1.64. The number of nitrogens with zero attached hydrogens (tertiary/aromatic N) is 4. The lowest BCUT2D eigenvalue weighted by Crippen LogP contribution is -2.09. The number of nitrogens with one attached hydrogen (secondary N) is 1. The zero-order valence-electron chi connectivity index (χ0n) is 13.7. The molecule has 4 aromatic rings. The molecule has 0 saturated heterocycles. The van der Waals surface area contributed by atoms with Crippen molar-refractivity contribution in [3.05, 3.63) is 47.6 Å². The Morgan fingerprint density at radius 2 is 2.17 bits per heavy atom. The zero-order valence-corrected chi connectivity index (χ0v) is 13.7. The van der Waals surface area contributed by atoms with E-state index in [0.29, 0.717) is 12.3 Å². The molecule has 122 valence electrons. The molecule has 1 N–H and O–H groups in total. The molecular formula is C17H17N5O2. The lowest BCUT2D eigenvalue weighted by Gasteiger charge is -2.11. The minimum Gasteiger partial charge on any atom is -0.493 e. The van der Waals surface area contributed by atoms with E-state index >= 15 is 0 Å². The molecule has 0 fully saturated rings. The van der Waals surface area contributed by atoms with Crippen LogP contribution in [-0.4, -0.2) is 26.7 Å². The van der Waals surface area contributed by atoms with Gasteiger partial charge in [0.2, 0.25) is 0 Å². The number of ether oxygens (including phenoxy) is 1. The van der Waals surface area contributed by atoms with Gasteiger partial charge >= 0.3 is 0 Å². The van der Waals surface area contributed by atoms with E-state index in [1.54, 1.807) is 11.6 Å². The van der Waals surface area contributed by atoms with Crippen molar-refractivity contribution in [2.24, 2.45) is 0 Å². The van der Waals surface area contributed by atoms with Crippen molar-refractivity contribution in [1.29, 1.82) is 0 Å². The van der Waals surface area contributed by atoms with E-state index in [0.717, 1.165) is 39.6 Å². The van der Waals surface area contributed by atoms with Gasteiger partial charge in [0.05, 0.1) is 13.7 Å². The Balaban J connectivity index is 1.68. The number of furan rings is 1. The number of methoxy groups -OCH3 is 1. The van der Waals surface area contributed by atoms with Crippen LogP contribution in [0.4, 0.5) is 5.82 Å². The Bertz CT molecular complexity index is 1030. The Kier molecular flexibility index (Phi) is 3.34. The molecule has 0 saturated carbocycles. The number of para-hydroxylation sites is 1. The molecule has 0 bridgehead atoms. The van der Waals surface area contributed by atoms with E-state index in [1.807, 2.05) is 38.1 Å². The van der Waals surface area contributed by atoms with Crippen LogP contribution in [0.3, 0.4) is 0 Å². The van der Waals surface area contributed by atoms with E-state index in [4.69, 9.17) is 9.15 Å². The van der Waals surface area contributed by atoms with Gasteiger partial charge < -0.3 is 14.5 Å². The monoisotopic (exact) mass is 323 g/mol. The average Bonchev–Trinajstić information content (AvgIpc) is 3.20. The Labute approximate surface area is 138 Å². The van der Waals surface area contributed by atoms with Crippen molar-refractivity contribution in [3.8, 4) is 5.75 Å². The number of anilines is 1. The standard InChI is InChI=1S/C17H17N5O2/c1-10-11(2)21-17-19-9-20-22(17)16(10)18-8-13-7-12-5-4-6-14(23-3)15(12)24-13/h4-7,9,18H,8H2,1-3H3. The topological polar surface area (TPSA) is 77.5 Å². The first-order chi connectivity index (χ1) is 11.7. The predicted octanol–water partition coefficient (Wildman–Crippen LogP) is 3.11. The first kappa shape index (κ1) is 14.5. The summed E-state index contributed by atoms with van der Waals surface area (Å²) in [5, 5.41) is 8.63. The molecule has 0 aliphatic heterocycles. The van der Waals surface area contributed by atoms with Crippen LogP contribution in [0.1, 0.15) is 17.0 Å². The third-order valence-corrected chi connectivity index (χ3v) is 4.12. The van der Waals surface area contributed by atoms with Crippen molar-refractivity contribution in [3.63, 3.8) is 0 Å². The highest BCUT2D eigenvalue weighted by atomic mass is 16.5. The van der Waals surface area contributed by atoms with E-state index in [2.05, 4.69) is 20.4 Å². The highest BCUT2D eigenvalue weighted by molar-refractivity contribution is 5.83. The smallest absolute Gasteiger partial charge is 0.254 e. The fourth-order valence-corrected chi connectivity index (χ4v) is 2.75. The summed E-state index contributed by atoms with van der Waals surface area (Å²) in [6.07, 6.45) is 1.50. The fraction of sp³-hybridized carbons (Fsp3) is 0.235. The third-order valence-electron chi connectivity index (χ3n) is 4.12. The molecule has 0 amide bonds. The van der Waals surface area contributed by atoms with Gasteiger partial charge in [0, 0.05) is 16.6 Å². The van der Waals surface area contributed by atoms with E-state index < -0.39 is 0 Å². The van der Waals surface area contributed by atoms with Crippen LogP contribution in [0.25, 0.3) is 16.7 Å². The Hall–Kier alpha value is -3.09. The molecule has 0 aliphatic rings. The molecule has 0 atom stereocenters. The summed E-state index contributed by atoms with van der Waals surface area (Å²) in [6, 6.07) is 7.84. The highest BCUT2D eigenvalue weighted by Gasteiger charge is 2.13. The number of fused-ring (bicyclic) bond motifs is 2. The number of aromatic nitrogens is 4. The normalized spacial score (nSPS) is 11.3. The van der Waals surface area contributed by atoms with E-state index in [9.17, 15) is 0 Å². The summed E-state index contributed by atoms with van der Waals surface area (Å²) in [4.78, 5) is 8.57. The van der Waals surface area contributed by atoms with Crippen LogP contribution < -0.4 is 10.1 Å².